The molecule has 0 saturated carbocycles. The minimum atomic E-state index is -0.638. The van der Waals surface area contributed by atoms with E-state index in [-0.39, 0.29) is 18.4 Å². The molecule has 0 unspecified atom stereocenters. The van der Waals surface area contributed by atoms with E-state index in [2.05, 4.69) is 20.6 Å². The summed E-state index contributed by atoms with van der Waals surface area (Å²) in [5.41, 5.74) is 8.20. The number of unbranched alkanes of at least 4 members (excludes halogenated alkanes) is 2. The molecule has 4 aromatic rings. The molecule has 0 atom stereocenters. The molecular weight excluding hydrogens is 628 g/mol. The van der Waals surface area contributed by atoms with Crippen LogP contribution in [0.3, 0.4) is 0 Å². The first kappa shape index (κ1) is 36.2. The molecule has 49 heavy (non-hydrogen) atoms. The number of rotatable bonds is 14. The van der Waals surface area contributed by atoms with Gasteiger partial charge in [-0.25, -0.2) is 9.78 Å². The lowest BCUT2D eigenvalue weighted by atomic mass is 10.1. The third kappa shape index (κ3) is 9.95. The van der Waals surface area contributed by atoms with Crippen LogP contribution in [-0.4, -0.2) is 60.1 Å². The van der Waals surface area contributed by atoms with Gasteiger partial charge in [0.1, 0.15) is 28.4 Å². The van der Waals surface area contributed by atoms with E-state index in [9.17, 15) is 19.2 Å². The summed E-state index contributed by atoms with van der Waals surface area (Å²) in [5, 5.41) is 5.52. The number of hydrogen-bond acceptors (Lipinski definition) is 8. The Kier molecular flexibility index (Phi) is 11.8. The van der Waals surface area contributed by atoms with Crippen LogP contribution < -0.4 is 30.7 Å². The van der Waals surface area contributed by atoms with Crippen molar-refractivity contribution in [2.45, 2.75) is 65.5 Å². The summed E-state index contributed by atoms with van der Waals surface area (Å²) in [6.07, 6.45) is 2.00. The molecule has 0 aliphatic carbocycles. The Bertz CT molecular complexity index is 1830. The number of carbonyl (C=O) groups is 4. The Morgan fingerprint density at radius 1 is 0.980 bits per heavy atom. The van der Waals surface area contributed by atoms with Crippen molar-refractivity contribution in [1.82, 2.24) is 15.3 Å². The number of imidazole rings is 1. The highest BCUT2D eigenvalue weighted by atomic mass is 16.6. The molecule has 0 aliphatic heterocycles. The minimum Gasteiger partial charge on any atom is -0.495 e. The zero-order valence-corrected chi connectivity index (χ0v) is 28.8. The lowest BCUT2D eigenvalue weighted by Gasteiger charge is -2.22. The number of H-pyrrole nitrogens is 1. The van der Waals surface area contributed by atoms with Gasteiger partial charge < -0.3 is 40.5 Å². The smallest absolute Gasteiger partial charge is 0.408 e. The van der Waals surface area contributed by atoms with E-state index in [1.807, 2.05) is 25.1 Å². The number of methoxy groups -OCH3 is 1. The van der Waals surface area contributed by atoms with Gasteiger partial charge in [0.25, 0.3) is 11.8 Å². The van der Waals surface area contributed by atoms with Crippen molar-refractivity contribution in [2.24, 2.45) is 5.73 Å². The Morgan fingerprint density at radius 3 is 2.47 bits per heavy atom. The molecule has 13 heteroatoms. The van der Waals surface area contributed by atoms with Crippen LogP contribution in [-0.2, 0) is 16.1 Å². The number of fused-ring (bicyclic) bond motifs is 1. The molecule has 4 amide bonds. The quantitative estimate of drug-likeness (QED) is 0.120. The van der Waals surface area contributed by atoms with Gasteiger partial charge >= 0.3 is 6.09 Å². The van der Waals surface area contributed by atoms with Gasteiger partial charge in [0.2, 0.25) is 5.91 Å². The number of primary amides is 1. The number of ether oxygens (including phenoxy) is 3. The first-order valence-electron chi connectivity index (χ1n) is 16.0. The average Bonchev–Trinajstić information content (AvgIpc) is 3.47. The molecule has 0 spiro atoms. The molecule has 4 rings (SSSR count). The fraction of sp³-hybridized carbons (Fsp3) is 0.361. The number of para-hydroxylation sites is 1. The molecule has 0 bridgehead atoms. The van der Waals surface area contributed by atoms with Crippen LogP contribution in [0.1, 0.15) is 78.6 Å². The highest BCUT2D eigenvalue weighted by molar-refractivity contribution is 6.12. The number of anilines is 2. The minimum absolute atomic E-state index is 0.0804. The number of benzene rings is 3. The van der Waals surface area contributed by atoms with E-state index in [1.54, 1.807) is 64.2 Å². The van der Waals surface area contributed by atoms with Crippen LogP contribution in [0.2, 0.25) is 0 Å². The van der Waals surface area contributed by atoms with Gasteiger partial charge in [0, 0.05) is 19.0 Å². The number of nitrogens with zero attached hydrogens (tertiary/aromatic N) is 2. The third-order valence-corrected chi connectivity index (χ3v) is 7.41. The van der Waals surface area contributed by atoms with Crippen LogP contribution in [0.25, 0.3) is 11.0 Å². The van der Waals surface area contributed by atoms with Gasteiger partial charge in [0.05, 0.1) is 42.7 Å². The number of amides is 4. The number of aromatic amines is 1. The van der Waals surface area contributed by atoms with Gasteiger partial charge in [0.15, 0.2) is 0 Å². The largest absolute Gasteiger partial charge is 0.495 e. The van der Waals surface area contributed by atoms with E-state index < -0.39 is 17.6 Å². The Balaban J connectivity index is 1.46. The zero-order chi connectivity index (χ0) is 35.7. The summed E-state index contributed by atoms with van der Waals surface area (Å²) in [6.45, 7) is 7.77. The summed E-state index contributed by atoms with van der Waals surface area (Å²) < 4.78 is 16.9. The molecule has 0 radical (unpaired) electrons. The molecule has 0 fully saturated rings. The molecule has 1 heterocycles. The molecule has 3 aromatic carbocycles. The van der Waals surface area contributed by atoms with E-state index in [4.69, 9.17) is 19.9 Å². The van der Waals surface area contributed by atoms with Crippen LogP contribution >= 0.6 is 0 Å². The fourth-order valence-corrected chi connectivity index (χ4v) is 5.01. The molecule has 0 saturated heterocycles. The standard InChI is InChI=1S/C36H44N6O7/c1-22-14-17-27(29(19-22)48-18-9-7-8-13-30(37)43)42(5)34(45)23-15-16-25(28(20-23)47-6)40-33(44)24-11-10-12-26-32(24)41-31(39-26)21-38-35(46)49-36(2,3)4/h10-12,14-17,19-20H,7-9,13,18,21H2,1-6H3,(H2,37,43)(H,38,46)(H,39,41)(H,40,44). The predicted octanol–water partition coefficient (Wildman–Crippen LogP) is 5.86. The monoisotopic (exact) mass is 672 g/mol. The van der Waals surface area contributed by atoms with Crippen molar-refractivity contribution in [1.29, 1.82) is 0 Å². The maximum atomic E-state index is 13.6. The van der Waals surface area contributed by atoms with Crippen molar-refractivity contribution < 1.29 is 33.4 Å². The summed E-state index contributed by atoms with van der Waals surface area (Å²) in [7, 11) is 3.12. The number of nitrogens with one attached hydrogen (secondary N) is 3. The van der Waals surface area contributed by atoms with Crippen molar-refractivity contribution >= 4 is 46.2 Å². The van der Waals surface area contributed by atoms with Crippen LogP contribution in [0.4, 0.5) is 16.2 Å². The first-order chi connectivity index (χ1) is 23.3. The predicted molar refractivity (Wildman–Crippen MR) is 187 cm³/mol. The second-order valence-corrected chi connectivity index (χ2v) is 12.6. The highest BCUT2D eigenvalue weighted by Gasteiger charge is 2.21. The van der Waals surface area contributed by atoms with Crippen molar-refractivity contribution in [3.05, 3.63) is 77.1 Å². The Hall–Kier alpha value is -5.59. The summed E-state index contributed by atoms with van der Waals surface area (Å²) in [4.78, 5) is 59.3. The lowest BCUT2D eigenvalue weighted by molar-refractivity contribution is -0.118. The second-order valence-electron chi connectivity index (χ2n) is 12.6. The molecule has 13 nitrogen and oxygen atoms in total. The molecule has 0 aliphatic rings. The maximum absolute atomic E-state index is 13.6. The third-order valence-electron chi connectivity index (χ3n) is 7.41. The van der Waals surface area contributed by atoms with Crippen molar-refractivity contribution in [2.75, 3.05) is 31.0 Å². The molecule has 260 valence electrons. The number of aromatic nitrogens is 2. The van der Waals surface area contributed by atoms with Gasteiger partial charge in [-0.15, -0.1) is 0 Å². The first-order valence-corrected chi connectivity index (χ1v) is 16.0. The normalized spacial score (nSPS) is 11.1. The van der Waals surface area contributed by atoms with Crippen molar-refractivity contribution in [3.63, 3.8) is 0 Å². The SMILES string of the molecule is COc1cc(C(=O)N(C)c2ccc(C)cc2OCCCCCC(N)=O)ccc1NC(=O)c1cccc2[nH]c(CNC(=O)OC(C)(C)C)nc12. The highest BCUT2D eigenvalue weighted by Crippen LogP contribution is 2.32. The van der Waals surface area contributed by atoms with Crippen LogP contribution in [0, 0.1) is 6.92 Å². The van der Waals surface area contributed by atoms with Gasteiger partial charge in [-0.3, -0.25) is 14.4 Å². The van der Waals surface area contributed by atoms with Gasteiger partial charge in [-0.1, -0.05) is 12.1 Å². The zero-order valence-electron chi connectivity index (χ0n) is 28.8. The van der Waals surface area contributed by atoms with E-state index in [0.29, 0.717) is 70.3 Å². The summed E-state index contributed by atoms with van der Waals surface area (Å²) in [5.74, 6) is 0.253. The van der Waals surface area contributed by atoms with Crippen LogP contribution in [0.15, 0.2) is 54.6 Å². The average molecular weight is 673 g/mol. The summed E-state index contributed by atoms with van der Waals surface area (Å²) >= 11 is 0. The Morgan fingerprint density at radius 2 is 1.76 bits per heavy atom. The van der Waals surface area contributed by atoms with Gasteiger partial charge in [-0.05, 0) is 95.0 Å². The van der Waals surface area contributed by atoms with Crippen LogP contribution in [0.5, 0.6) is 11.5 Å². The van der Waals surface area contributed by atoms with Gasteiger partial charge in [-0.2, -0.15) is 0 Å². The fourth-order valence-electron chi connectivity index (χ4n) is 5.01. The number of carbonyl (C=O) groups excluding carboxylic acids is 4. The lowest BCUT2D eigenvalue weighted by Crippen LogP contribution is -2.32. The van der Waals surface area contributed by atoms with Crippen molar-refractivity contribution in [3.8, 4) is 11.5 Å². The number of aryl methyl sites for hydroxylation is 1. The van der Waals surface area contributed by atoms with E-state index >= 15 is 0 Å². The number of nitrogens with two attached hydrogens (primary N) is 1. The topological polar surface area (TPSA) is 178 Å². The molecule has 1 aromatic heterocycles. The molecule has 5 N–H and O–H groups in total. The number of hydrogen-bond donors (Lipinski definition) is 4. The molecular formula is C36H44N6O7. The summed E-state index contributed by atoms with van der Waals surface area (Å²) in [6, 6.07) is 15.5. The van der Waals surface area contributed by atoms with E-state index in [1.165, 1.54) is 12.0 Å². The maximum Gasteiger partial charge on any atom is 0.408 e. The second kappa shape index (κ2) is 16.0. The van der Waals surface area contributed by atoms with E-state index in [0.717, 1.165) is 18.4 Å². The number of alkyl carbamates (subject to hydrolysis) is 1. The Labute approximate surface area is 285 Å².